The van der Waals surface area contributed by atoms with Gasteiger partial charge in [0.25, 0.3) is 0 Å². The number of amides is 1. The lowest BCUT2D eigenvalue weighted by Gasteiger charge is -2.49. The Morgan fingerprint density at radius 2 is 1.82 bits per heavy atom. The van der Waals surface area contributed by atoms with E-state index >= 15 is 0 Å². The zero-order valence-electron chi connectivity index (χ0n) is 38.1. The second-order valence-electron chi connectivity index (χ2n) is 18.2. The molecule has 3 fully saturated rings. The molecule has 1 aromatic carbocycles. The lowest BCUT2D eigenvalue weighted by Crippen LogP contribution is -2.60. The number of hydrogen-bond donors (Lipinski definition) is 3. The third-order valence-electron chi connectivity index (χ3n) is 13.4. The number of fused-ring (bicyclic) bond motifs is 5. The highest BCUT2D eigenvalue weighted by molar-refractivity contribution is 5.97. The molecule has 3 aliphatic rings. The quantitative estimate of drug-likeness (QED) is 0.167. The number of oxime groups is 1. The topological polar surface area (TPSA) is 187 Å². The van der Waals surface area contributed by atoms with E-state index in [1.54, 1.807) is 43.8 Å². The molecule has 1 aromatic heterocycles. The summed E-state index contributed by atoms with van der Waals surface area (Å²) in [7, 11) is 1.90. The van der Waals surface area contributed by atoms with Gasteiger partial charge in [0.05, 0.1) is 47.8 Å². The van der Waals surface area contributed by atoms with E-state index in [0.29, 0.717) is 43.0 Å². The van der Waals surface area contributed by atoms with Crippen LogP contribution in [0.3, 0.4) is 0 Å². The molecule has 0 aliphatic carbocycles. The van der Waals surface area contributed by atoms with Crippen LogP contribution in [0.4, 0.5) is 0 Å². The van der Waals surface area contributed by atoms with E-state index in [0.717, 1.165) is 5.69 Å². The number of ether oxygens (including phenoxy) is 4. The first-order valence-electron chi connectivity index (χ1n) is 22.1. The first kappa shape index (κ1) is 49.0. The molecule has 62 heavy (non-hydrogen) atoms. The summed E-state index contributed by atoms with van der Waals surface area (Å²) < 4.78 is 28.2. The molecule has 3 saturated heterocycles. The fourth-order valence-corrected chi connectivity index (χ4v) is 9.81. The zero-order valence-corrected chi connectivity index (χ0v) is 38.1. The summed E-state index contributed by atoms with van der Waals surface area (Å²) in [6.07, 6.45) is 5.29. The number of carbonyl (C=O) groups excluding carboxylic acids is 2. The molecule has 14 atom stereocenters. The number of cyclic esters (lactones) is 1. The van der Waals surface area contributed by atoms with Crippen molar-refractivity contribution in [3.63, 3.8) is 0 Å². The third-order valence-corrected chi connectivity index (χ3v) is 13.4. The number of nitrogens with zero attached hydrogens (tertiary/aromatic N) is 5. The molecule has 2 bridgehead atoms. The fraction of sp³-hybridized carbons (Fsp3) is 0.681. The molecule has 5 rings (SSSR count). The normalized spacial score (nSPS) is 37.8. The molecule has 7 unspecified atom stereocenters. The summed E-state index contributed by atoms with van der Waals surface area (Å²) in [6.45, 7) is 16.4. The van der Waals surface area contributed by atoms with E-state index < -0.39 is 83.4 Å². The largest absolute Gasteiger partial charge is 0.459 e. The smallest absolute Gasteiger partial charge is 0.311 e. The van der Waals surface area contributed by atoms with Crippen molar-refractivity contribution in [3.05, 3.63) is 42.7 Å². The maximum atomic E-state index is 14.0. The van der Waals surface area contributed by atoms with Crippen molar-refractivity contribution in [2.75, 3.05) is 20.2 Å². The molecule has 0 saturated carbocycles. The predicted octanol–water partition coefficient (Wildman–Crippen LogP) is 5.37. The molecule has 1 amide bonds. The number of aliphatic imine (C=N–C) groups is 1. The van der Waals surface area contributed by atoms with Gasteiger partial charge in [-0.05, 0) is 109 Å². The highest BCUT2D eigenvalue weighted by Gasteiger charge is 2.52. The standard InChI is InChI=1S/C47H69N5O10/c1-12-14-23-51(11)38-25-29(4)59-45(42(38)55)61-43-31(6)41(54)32(7)44(56)60-39(13-2)47(10,57)37-21-16-34(50-62-36-19-17-35(18-20-36)52-24-15-22-48-52)27-58-46(43,9)26-28(3)40(30(37)5)49-33(8)53/h1,15,17-20,22,24,28-32,37-39,41-43,45,54-55,57H,13-14,16,21,23,25-27H2,2-11H3/b49-40?,50-34+/t28-,29?,30?,31+,32?,37?,38?,39?,41+,42-,43-,45?,46-,47+/m1/s1. The van der Waals surface area contributed by atoms with Gasteiger partial charge in [0.1, 0.15) is 17.8 Å². The Morgan fingerprint density at radius 1 is 1.11 bits per heavy atom. The summed E-state index contributed by atoms with van der Waals surface area (Å²) in [5.41, 5.74) is -1.04. The third kappa shape index (κ3) is 11.4. The minimum Gasteiger partial charge on any atom is -0.459 e. The summed E-state index contributed by atoms with van der Waals surface area (Å²) >= 11 is 0. The average molecular weight is 864 g/mol. The maximum Gasteiger partial charge on any atom is 0.311 e. The van der Waals surface area contributed by atoms with Crippen molar-refractivity contribution in [2.45, 2.75) is 155 Å². The van der Waals surface area contributed by atoms with Crippen molar-refractivity contribution in [2.24, 2.45) is 39.7 Å². The van der Waals surface area contributed by atoms with Crippen molar-refractivity contribution in [1.82, 2.24) is 14.7 Å². The molecular formula is C47H69N5O10. The molecule has 4 heterocycles. The predicted molar refractivity (Wildman–Crippen MR) is 235 cm³/mol. The van der Waals surface area contributed by atoms with E-state index in [4.69, 9.17) is 30.2 Å². The molecule has 0 radical (unpaired) electrons. The molecule has 3 N–H and O–H groups in total. The Balaban J connectivity index is 1.66. The number of terminal acetylenes is 1. The molecule has 0 spiro atoms. The highest BCUT2D eigenvalue weighted by Crippen LogP contribution is 2.43. The van der Waals surface area contributed by atoms with Crippen LogP contribution < -0.4 is 4.84 Å². The molecule has 15 nitrogen and oxygen atoms in total. The zero-order chi connectivity index (χ0) is 45.5. The van der Waals surface area contributed by atoms with Crippen LogP contribution in [0.1, 0.15) is 101 Å². The van der Waals surface area contributed by atoms with Gasteiger partial charge in [0.15, 0.2) is 12.0 Å². The number of likely N-dealkylation sites (N-methyl/N-ethyl adjacent to an activating group) is 1. The van der Waals surface area contributed by atoms with Crippen LogP contribution in [0.5, 0.6) is 5.75 Å². The van der Waals surface area contributed by atoms with E-state index in [1.807, 2.05) is 71.0 Å². The van der Waals surface area contributed by atoms with Crippen LogP contribution in [-0.2, 0) is 28.5 Å². The van der Waals surface area contributed by atoms with Crippen LogP contribution in [-0.4, -0.2) is 128 Å². The van der Waals surface area contributed by atoms with Gasteiger partial charge in [0, 0.05) is 55.9 Å². The molecule has 3 aliphatic heterocycles. The number of esters is 1. The average Bonchev–Trinajstić information content (AvgIpc) is 3.78. The monoisotopic (exact) mass is 864 g/mol. The molecule has 342 valence electrons. The van der Waals surface area contributed by atoms with Gasteiger partial charge in [-0.15, -0.1) is 12.3 Å². The van der Waals surface area contributed by atoms with Gasteiger partial charge >= 0.3 is 5.97 Å². The number of carbonyl (C=O) groups is 2. The minimum atomic E-state index is -1.62. The summed E-state index contributed by atoms with van der Waals surface area (Å²) in [5.74, 6) is -1.37. The van der Waals surface area contributed by atoms with E-state index in [-0.39, 0.29) is 38.0 Å². The van der Waals surface area contributed by atoms with Gasteiger partial charge in [-0.1, -0.05) is 32.9 Å². The van der Waals surface area contributed by atoms with E-state index in [9.17, 15) is 24.9 Å². The van der Waals surface area contributed by atoms with Crippen molar-refractivity contribution in [1.29, 1.82) is 0 Å². The highest BCUT2D eigenvalue weighted by atomic mass is 16.7. The van der Waals surface area contributed by atoms with Crippen molar-refractivity contribution >= 4 is 23.3 Å². The molecular weight excluding hydrogens is 795 g/mol. The van der Waals surface area contributed by atoms with Gasteiger partial charge < -0.3 is 39.1 Å². The van der Waals surface area contributed by atoms with Crippen LogP contribution in [0.2, 0.25) is 0 Å². The summed E-state index contributed by atoms with van der Waals surface area (Å²) in [6, 6.07) is 8.78. The Kier molecular flexibility index (Phi) is 16.7. The van der Waals surface area contributed by atoms with Crippen LogP contribution in [0.25, 0.3) is 5.69 Å². The Morgan fingerprint density at radius 3 is 2.45 bits per heavy atom. The number of aromatic nitrogens is 2. The number of aliphatic hydroxyl groups excluding tert-OH is 2. The first-order valence-corrected chi connectivity index (χ1v) is 22.1. The van der Waals surface area contributed by atoms with Gasteiger partial charge in [0.2, 0.25) is 5.91 Å². The first-order chi connectivity index (χ1) is 29.3. The number of hydrogen-bond acceptors (Lipinski definition) is 13. The minimum absolute atomic E-state index is 0.0518. The van der Waals surface area contributed by atoms with E-state index in [1.165, 1.54) is 6.92 Å². The van der Waals surface area contributed by atoms with E-state index in [2.05, 4.69) is 21.2 Å². The second-order valence-corrected chi connectivity index (χ2v) is 18.2. The second kappa shape index (κ2) is 21.1. The lowest BCUT2D eigenvalue weighted by atomic mass is 9.68. The number of rotatable bonds is 9. The van der Waals surface area contributed by atoms with Crippen LogP contribution in [0, 0.1) is 41.9 Å². The Labute approximate surface area is 367 Å². The molecule has 2 aromatic rings. The van der Waals surface area contributed by atoms with Crippen LogP contribution in [0.15, 0.2) is 52.9 Å². The SMILES string of the molecule is C#CCCN(C)C1CC(C)OC(O[C@@H]2[C@@H](C)[C@H](O)C(C)C(=O)OC(CC)[C@@](C)(O)C3CC/C(=N\Oc4ccc(-n5cccn5)cc4)CO[C@]2(C)C[C@@H](C)C(=NC(C)=O)C3C)[C@@H]1O. The van der Waals surface area contributed by atoms with Crippen LogP contribution >= 0.6 is 0 Å². The molecule has 15 heteroatoms. The fourth-order valence-electron chi connectivity index (χ4n) is 9.81. The Hall–Kier alpha value is -4.01. The number of benzene rings is 1. The van der Waals surface area contributed by atoms with Gasteiger partial charge in [-0.3, -0.25) is 14.5 Å². The van der Waals surface area contributed by atoms with Gasteiger partial charge in [-0.25, -0.2) is 9.67 Å². The van der Waals surface area contributed by atoms with Gasteiger partial charge in [-0.2, -0.15) is 5.10 Å². The van der Waals surface area contributed by atoms with Crippen molar-refractivity contribution in [3.8, 4) is 23.8 Å². The lowest BCUT2D eigenvalue weighted by molar-refractivity contribution is -0.302. The summed E-state index contributed by atoms with van der Waals surface area (Å²) in [5, 5.41) is 45.7. The maximum absolute atomic E-state index is 14.0. The van der Waals surface area contributed by atoms with Crippen molar-refractivity contribution < 1.29 is 48.7 Å². The Bertz CT molecular complexity index is 1900. The number of aliphatic hydroxyl groups is 3. The summed E-state index contributed by atoms with van der Waals surface area (Å²) in [4.78, 5) is 39.6.